The summed E-state index contributed by atoms with van der Waals surface area (Å²) in [4.78, 5) is 22.6. The van der Waals surface area contributed by atoms with E-state index in [-0.39, 0.29) is 12.5 Å². The zero-order chi connectivity index (χ0) is 18.6. The Balaban J connectivity index is 1.29. The predicted molar refractivity (Wildman–Crippen MR) is 101 cm³/mol. The van der Waals surface area contributed by atoms with Gasteiger partial charge in [-0.05, 0) is 30.9 Å². The van der Waals surface area contributed by atoms with Gasteiger partial charge in [0.1, 0.15) is 19.2 Å². The molecule has 2 aromatic rings. The number of piperazine rings is 1. The summed E-state index contributed by atoms with van der Waals surface area (Å²) in [6.45, 7) is 7.55. The normalized spacial score (nSPS) is 18.8. The second-order valence-electron chi connectivity index (χ2n) is 7.38. The average molecular weight is 370 g/mol. The molecule has 2 aromatic heterocycles. The monoisotopic (exact) mass is 370 g/mol. The predicted octanol–water partition coefficient (Wildman–Crippen LogP) is 0.653. The van der Waals surface area contributed by atoms with Gasteiger partial charge in [-0.15, -0.1) is 10.2 Å². The fourth-order valence-corrected chi connectivity index (χ4v) is 3.63. The van der Waals surface area contributed by atoms with Crippen molar-refractivity contribution in [2.24, 2.45) is 5.92 Å². The molecule has 0 radical (unpaired) electrons. The summed E-state index contributed by atoms with van der Waals surface area (Å²) < 4.78 is 1.56. The topological polar surface area (TPSA) is 83.3 Å². The van der Waals surface area contributed by atoms with Crippen molar-refractivity contribution in [2.45, 2.75) is 26.3 Å². The lowest BCUT2D eigenvalue weighted by Gasteiger charge is -2.35. The van der Waals surface area contributed by atoms with Gasteiger partial charge < -0.3 is 14.7 Å². The van der Waals surface area contributed by atoms with Gasteiger partial charge >= 0.3 is 0 Å². The Morgan fingerprint density at radius 2 is 1.63 bits per heavy atom. The maximum Gasteiger partial charge on any atom is 0.244 e. The molecule has 0 bridgehead atoms. The number of carbonyl (C=O) groups excluding carboxylic acids is 1. The standard InChI is InChI=1S/C18H26N8O/c1-15-4-6-23(7-5-15)16-2-3-17(22-21-16)24-8-10-25(11-9-24)18(27)12-26-14-19-13-20-26/h2-3,13-15H,4-12H2,1H3. The van der Waals surface area contributed by atoms with Crippen LogP contribution in [0.4, 0.5) is 11.6 Å². The Hall–Kier alpha value is -2.71. The molecule has 1 amide bonds. The fraction of sp³-hybridized carbons (Fsp3) is 0.611. The quantitative estimate of drug-likeness (QED) is 0.781. The molecule has 0 unspecified atom stereocenters. The van der Waals surface area contributed by atoms with Crippen molar-refractivity contribution >= 4 is 17.5 Å². The van der Waals surface area contributed by atoms with Crippen LogP contribution in [0.2, 0.25) is 0 Å². The summed E-state index contributed by atoms with van der Waals surface area (Å²) in [5.74, 6) is 2.72. The van der Waals surface area contributed by atoms with Gasteiger partial charge in [-0.25, -0.2) is 9.67 Å². The molecule has 9 heteroatoms. The molecule has 4 rings (SSSR count). The molecule has 144 valence electrons. The number of hydrogen-bond acceptors (Lipinski definition) is 7. The van der Waals surface area contributed by atoms with Gasteiger partial charge in [0.05, 0.1) is 0 Å². The first-order valence-corrected chi connectivity index (χ1v) is 9.63. The number of hydrogen-bond donors (Lipinski definition) is 0. The zero-order valence-corrected chi connectivity index (χ0v) is 15.7. The van der Waals surface area contributed by atoms with Crippen molar-refractivity contribution in [3.63, 3.8) is 0 Å². The second-order valence-corrected chi connectivity index (χ2v) is 7.38. The van der Waals surface area contributed by atoms with Crippen molar-refractivity contribution in [1.29, 1.82) is 0 Å². The van der Waals surface area contributed by atoms with Crippen LogP contribution in [0.5, 0.6) is 0 Å². The molecule has 0 spiro atoms. The minimum Gasteiger partial charge on any atom is -0.355 e. The lowest BCUT2D eigenvalue weighted by molar-refractivity contribution is -0.132. The van der Waals surface area contributed by atoms with Crippen molar-refractivity contribution in [1.82, 2.24) is 29.9 Å². The first-order chi connectivity index (χ1) is 13.2. The van der Waals surface area contributed by atoms with Gasteiger partial charge in [-0.3, -0.25) is 4.79 Å². The Morgan fingerprint density at radius 1 is 1.00 bits per heavy atom. The van der Waals surface area contributed by atoms with Crippen molar-refractivity contribution in [3.8, 4) is 0 Å². The van der Waals surface area contributed by atoms with Crippen LogP contribution in [0.25, 0.3) is 0 Å². The van der Waals surface area contributed by atoms with Crippen LogP contribution in [0.15, 0.2) is 24.8 Å². The average Bonchev–Trinajstić information content (AvgIpc) is 3.22. The highest BCUT2D eigenvalue weighted by Crippen LogP contribution is 2.22. The molecule has 0 aliphatic carbocycles. The molecule has 2 aliphatic heterocycles. The number of rotatable bonds is 4. The molecule has 0 aromatic carbocycles. The third-order valence-corrected chi connectivity index (χ3v) is 5.46. The Morgan fingerprint density at radius 3 is 2.19 bits per heavy atom. The lowest BCUT2D eigenvalue weighted by Crippen LogP contribution is -2.50. The van der Waals surface area contributed by atoms with Gasteiger partial charge in [0.25, 0.3) is 0 Å². The van der Waals surface area contributed by atoms with Crippen LogP contribution in [-0.4, -0.2) is 75.0 Å². The van der Waals surface area contributed by atoms with E-state index in [1.807, 2.05) is 11.0 Å². The van der Waals surface area contributed by atoms with Gasteiger partial charge in [0.15, 0.2) is 11.6 Å². The van der Waals surface area contributed by atoms with E-state index in [1.54, 1.807) is 11.0 Å². The molecule has 0 N–H and O–H groups in total. The van der Waals surface area contributed by atoms with E-state index in [4.69, 9.17) is 0 Å². The number of piperidine rings is 1. The number of anilines is 2. The van der Waals surface area contributed by atoms with Crippen LogP contribution in [0, 0.1) is 5.92 Å². The minimum atomic E-state index is 0.0703. The molecule has 2 aliphatic rings. The highest BCUT2D eigenvalue weighted by atomic mass is 16.2. The molecular formula is C18H26N8O. The molecule has 0 atom stereocenters. The molecule has 2 fully saturated rings. The fourth-order valence-electron chi connectivity index (χ4n) is 3.63. The van der Waals surface area contributed by atoms with Crippen LogP contribution in [0.1, 0.15) is 19.8 Å². The van der Waals surface area contributed by atoms with Crippen molar-refractivity contribution < 1.29 is 4.79 Å². The third kappa shape index (κ3) is 4.17. The van der Waals surface area contributed by atoms with Gasteiger partial charge in [0.2, 0.25) is 5.91 Å². The van der Waals surface area contributed by atoms with Gasteiger partial charge in [-0.2, -0.15) is 5.10 Å². The molecular weight excluding hydrogens is 344 g/mol. The van der Waals surface area contributed by atoms with Gasteiger partial charge in [0, 0.05) is 39.3 Å². The summed E-state index contributed by atoms with van der Waals surface area (Å²) in [5.41, 5.74) is 0. The Kier molecular flexibility index (Phi) is 5.17. The minimum absolute atomic E-state index is 0.0703. The van der Waals surface area contributed by atoms with E-state index in [0.717, 1.165) is 43.7 Å². The lowest BCUT2D eigenvalue weighted by atomic mass is 9.99. The van der Waals surface area contributed by atoms with Crippen molar-refractivity contribution in [2.75, 3.05) is 49.1 Å². The smallest absolute Gasteiger partial charge is 0.244 e. The highest BCUT2D eigenvalue weighted by Gasteiger charge is 2.23. The van der Waals surface area contributed by atoms with E-state index in [2.05, 4.69) is 43.1 Å². The Labute approximate surface area is 159 Å². The summed E-state index contributed by atoms with van der Waals surface area (Å²) in [5, 5.41) is 12.9. The largest absolute Gasteiger partial charge is 0.355 e. The molecule has 4 heterocycles. The molecule has 2 saturated heterocycles. The molecule has 0 saturated carbocycles. The first-order valence-electron chi connectivity index (χ1n) is 9.63. The van der Waals surface area contributed by atoms with E-state index in [0.29, 0.717) is 13.1 Å². The van der Waals surface area contributed by atoms with Crippen molar-refractivity contribution in [3.05, 3.63) is 24.8 Å². The maximum absolute atomic E-state index is 12.3. The Bertz CT molecular complexity index is 731. The zero-order valence-electron chi connectivity index (χ0n) is 15.7. The van der Waals surface area contributed by atoms with E-state index < -0.39 is 0 Å². The second kappa shape index (κ2) is 7.89. The summed E-state index contributed by atoms with van der Waals surface area (Å²) >= 11 is 0. The maximum atomic E-state index is 12.3. The molecule has 27 heavy (non-hydrogen) atoms. The van der Waals surface area contributed by atoms with E-state index >= 15 is 0 Å². The SMILES string of the molecule is CC1CCN(c2ccc(N3CCN(C(=O)Cn4cncn4)CC3)nn2)CC1. The first kappa shape index (κ1) is 17.7. The number of aromatic nitrogens is 5. The highest BCUT2D eigenvalue weighted by molar-refractivity contribution is 5.76. The number of carbonyl (C=O) groups is 1. The third-order valence-electron chi connectivity index (χ3n) is 5.46. The number of amides is 1. The summed E-state index contributed by atoms with van der Waals surface area (Å²) in [6.07, 6.45) is 5.44. The van der Waals surface area contributed by atoms with E-state index in [1.165, 1.54) is 19.2 Å². The summed E-state index contributed by atoms with van der Waals surface area (Å²) in [7, 11) is 0. The summed E-state index contributed by atoms with van der Waals surface area (Å²) in [6, 6.07) is 4.12. The molecule has 9 nitrogen and oxygen atoms in total. The van der Waals surface area contributed by atoms with E-state index in [9.17, 15) is 4.79 Å². The van der Waals surface area contributed by atoms with Gasteiger partial charge in [-0.1, -0.05) is 6.92 Å². The van der Waals surface area contributed by atoms with Crippen LogP contribution < -0.4 is 9.80 Å². The van der Waals surface area contributed by atoms with Crippen LogP contribution in [0.3, 0.4) is 0 Å². The van der Waals surface area contributed by atoms with Crippen LogP contribution in [-0.2, 0) is 11.3 Å². The van der Waals surface area contributed by atoms with Crippen LogP contribution >= 0.6 is 0 Å². The number of nitrogens with zero attached hydrogens (tertiary/aromatic N) is 8.